The molecule has 1 aliphatic heterocycles. The van der Waals surface area contributed by atoms with Crippen molar-refractivity contribution >= 4 is 34.8 Å². The summed E-state index contributed by atoms with van der Waals surface area (Å²) in [6, 6.07) is 19.4. The molecule has 1 aliphatic rings. The highest BCUT2D eigenvalue weighted by atomic mass is 35.5. The first-order chi connectivity index (χ1) is 13.1. The van der Waals surface area contributed by atoms with Crippen LogP contribution >= 0.6 is 11.6 Å². The number of hydrogen-bond acceptors (Lipinski definition) is 3. The Morgan fingerprint density at radius 2 is 1.85 bits per heavy atom. The van der Waals surface area contributed by atoms with Crippen molar-refractivity contribution in [2.75, 3.05) is 10.6 Å². The van der Waals surface area contributed by atoms with E-state index in [0.717, 1.165) is 11.3 Å². The number of amides is 2. The maximum atomic E-state index is 12.7. The Hall–Kier alpha value is -3.31. The summed E-state index contributed by atoms with van der Waals surface area (Å²) in [5.41, 5.74) is 2.47. The van der Waals surface area contributed by atoms with Crippen molar-refractivity contribution in [3.8, 4) is 11.5 Å². The van der Waals surface area contributed by atoms with Crippen LogP contribution in [-0.4, -0.2) is 11.8 Å². The van der Waals surface area contributed by atoms with E-state index in [4.69, 9.17) is 16.3 Å². The molecular formula is C21H15ClN2O3. The third kappa shape index (κ3) is 3.78. The quantitative estimate of drug-likeness (QED) is 0.680. The number of fused-ring (bicyclic) bond motifs is 1. The van der Waals surface area contributed by atoms with Crippen LogP contribution in [0.3, 0.4) is 0 Å². The Balaban J connectivity index is 1.59. The minimum atomic E-state index is -0.308. The van der Waals surface area contributed by atoms with Gasteiger partial charge in [-0.05, 0) is 54.1 Å². The summed E-state index contributed by atoms with van der Waals surface area (Å²) in [4.78, 5) is 24.2. The lowest BCUT2D eigenvalue weighted by Crippen LogP contribution is -2.12. The van der Waals surface area contributed by atoms with Crippen LogP contribution in [0.25, 0.3) is 0 Å². The smallest absolute Gasteiger partial charge is 0.255 e. The Morgan fingerprint density at radius 3 is 2.67 bits per heavy atom. The number of ether oxygens (including phenoxy) is 1. The summed E-state index contributed by atoms with van der Waals surface area (Å²) in [6.07, 6.45) is 0.274. The number of anilines is 2. The molecule has 134 valence electrons. The summed E-state index contributed by atoms with van der Waals surface area (Å²) in [5, 5.41) is 6.07. The molecule has 0 aromatic heterocycles. The van der Waals surface area contributed by atoms with E-state index in [-0.39, 0.29) is 18.2 Å². The van der Waals surface area contributed by atoms with Gasteiger partial charge in [0.25, 0.3) is 5.91 Å². The zero-order valence-electron chi connectivity index (χ0n) is 14.2. The average Bonchev–Trinajstić information content (AvgIpc) is 3.04. The zero-order chi connectivity index (χ0) is 18.8. The highest BCUT2D eigenvalue weighted by Gasteiger charge is 2.19. The van der Waals surface area contributed by atoms with Gasteiger partial charge >= 0.3 is 0 Å². The fraction of sp³-hybridized carbons (Fsp3) is 0.0476. The summed E-state index contributed by atoms with van der Waals surface area (Å²) in [7, 11) is 0. The largest absolute Gasteiger partial charge is 0.455 e. The first-order valence-corrected chi connectivity index (χ1v) is 8.73. The second-order valence-corrected chi connectivity index (χ2v) is 6.54. The van der Waals surface area contributed by atoms with Crippen LogP contribution in [0.2, 0.25) is 5.02 Å². The molecule has 0 aliphatic carbocycles. The van der Waals surface area contributed by atoms with Crippen molar-refractivity contribution in [2.45, 2.75) is 6.42 Å². The van der Waals surface area contributed by atoms with Gasteiger partial charge in [-0.2, -0.15) is 0 Å². The van der Waals surface area contributed by atoms with Crippen molar-refractivity contribution in [1.82, 2.24) is 0 Å². The van der Waals surface area contributed by atoms with Crippen LogP contribution in [0.4, 0.5) is 11.4 Å². The molecule has 5 nitrogen and oxygen atoms in total. The van der Waals surface area contributed by atoms with Crippen molar-refractivity contribution in [3.63, 3.8) is 0 Å². The molecule has 0 spiro atoms. The van der Waals surface area contributed by atoms with Crippen molar-refractivity contribution in [1.29, 1.82) is 0 Å². The van der Waals surface area contributed by atoms with Crippen LogP contribution in [0.5, 0.6) is 11.5 Å². The lowest BCUT2D eigenvalue weighted by Gasteiger charge is -2.13. The third-order valence-corrected chi connectivity index (χ3v) is 4.39. The number of benzene rings is 3. The molecule has 0 atom stereocenters. The third-order valence-electron chi connectivity index (χ3n) is 4.15. The molecular weight excluding hydrogens is 364 g/mol. The van der Waals surface area contributed by atoms with E-state index in [1.165, 1.54) is 0 Å². The summed E-state index contributed by atoms with van der Waals surface area (Å²) < 4.78 is 5.86. The predicted molar refractivity (Wildman–Crippen MR) is 105 cm³/mol. The molecule has 0 unspecified atom stereocenters. The van der Waals surface area contributed by atoms with Gasteiger partial charge < -0.3 is 15.4 Å². The number of rotatable bonds is 4. The van der Waals surface area contributed by atoms with E-state index in [0.29, 0.717) is 27.8 Å². The van der Waals surface area contributed by atoms with E-state index >= 15 is 0 Å². The highest BCUT2D eigenvalue weighted by molar-refractivity contribution is 6.31. The van der Waals surface area contributed by atoms with Gasteiger partial charge in [-0.1, -0.05) is 29.8 Å². The Labute approximate surface area is 160 Å². The molecule has 6 heteroatoms. The number of hydrogen-bond donors (Lipinski definition) is 2. The molecule has 0 saturated carbocycles. The van der Waals surface area contributed by atoms with Gasteiger partial charge in [0.05, 0.1) is 12.1 Å². The lowest BCUT2D eigenvalue weighted by molar-refractivity contribution is -0.115. The molecule has 2 amide bonds. The molecule has 2 N–H and O–H groups in total. The minimum absolute atomic E-state index is 0.0732. The predicted octanol–water partition coefficient (Wildman–Crippen LogP) is 4.88. The van der Waals surface area contributed by atoms with Crippen LogP contribution in [0.1, 0.15) is 15.9 Å². The molecule has 3 aromatic carbocycles. The fourth-order valence-corrected chi connectivity index (χ4v) is 3.04. The van der Waals surface area contributed by atoms with E-state index in [2.05, 4.69) is 10.6 Å². The van der Waals surface area contributed by atoms with E-state index < -0.39 is 0 Å². The van der Waals surface area contributed by atoms with Gasteiger partial charge in [0.15, 0.2) is 5.75 Å². The SMILES string of the molecule is O=C1Cc2cc(C(=O)Nc3cc(Cl)ccc3Oc3ccccc3)ccc2N1. The van der Waals surface area contributed by atoms with Gasteiger partial charge in [0, 0.05) is 16.3 Å². The van der Waals surface area contributed by atoms with Crippen LogP contribution in [0.15, 0.2) is 66.7 Å². The molecule has 0 bridgehead atoms. The summed E-state index contributed by atoms with van der Waals surface area (Å²) in [6.45, 7) is 0. The lowest BCUT2D eigenvalue weighted by atomic mass is 10.1. The molecule has 0 radical (unpaired) electrons. The Kier molecular flexibility index (Phi) is 4.52. The molecule has 3 aromatic rings. The minimum Gasteiger partial charge on any atom is -0.455 e. The second kappa shape index (κ2) is 7.13. The first-order valence-electron chi connectivity index (χ1n) is 8.35. The molecule has 0 fully saturated rings. The topological polar surface area (TPSA) is 67.4 Å². The van der Waals surface area contributed by atoms with Crippen molar-refractivity contribution in [2.24, 2.45) is 0 Å². The number of carbonyl (C=O) groups excluding carboxylic acids is 2. The van der Waals surface area contributed by atoms with Gasteiger partial charge in [0.1, 0.15) is 5.75 Å². The Morgan fingerprint density at radius 1 is 1.04 bits per heavy atom. The van der Waals surface area contributed by atoms with E-state index in [9.17, 15) is 9.59 Å². The molecule has 4 rings (SSSR count). The fourth-order valence-electron chi connectivity index (χ4n) is 2.87. The van der Waals surface area contributed by atoms with Gasteiger partial charge in [-0.3, -0.25) is 9.59 Å². The van der Waals surface area contributed by atoms with Crippen molar-refractivity contribution in [3.05, 3.63) is 82.9 Å². The van der Waals surface area contributed by atoms with E-state index in [1.54, 1.807) is 36.4 Å². The van der Waals surface area contributed by atoms with E-state index in [1.807, 2.05) is 30.3 Å². The van der Waals surface area contributed by atoms with Gasteiger partial charge in [-0.25, -0.2) is 0 Å². The van der Waals surface area contributed by atoms with Crippen LogP contribution < -0.4 is 15.4 Å². The standard InChI is InChI=1S/C21H15ClN2O3/c22-15-7-9-19(27-16-4-2-1-3-5-16)18(12-15)24-21(26)13-6-8-17-14(10-13)11-20(25)23-17/h1-10,12H,11H2,(H,23,25)(H,24,26). The van der Waals surface area contributed by atoms with Crippen molar-refractivity contribution < 1.29 is 14.3 Å². The van der Waals surface area contributed by atoms with Crippen LogP contribution in [0, 0.1) is 0 Å². The normalized spacial score (nSPS) is 12.3. The Bertz CT molecular complexity index is 1030. The number of carbonyl (C=O) groups is 2. The summed E-state index contributed by atoms with van der Waals surface area (Å²) >= 11 is 6.09. The zero-order valence-corrected chi connectivity index (χ0v) is 14.9. The maximum absolute atomic E-state index is 12.7. The van der Waals surface area contributed by atoms with Gasteiger partial charge in [0.2, 0.25) is 5.91 Å². The number of nitrogens with one attached hydrogen (secondary N) is 2. The van der Waals surface area contributed by atoms with Crippen LogP contribution in [-0.2, 0) is 11.2 Å². The molecule has 0 saturated heterocycles. The maximum Gasteiger partial charge on any atom is 0.255 e. The highest BCUT2D eigenvalue weighted by Crippen LogP contribution is 2.32. The first kappa shape index (κ1) is 17.1. The van der Waals surface area contributed by atoms with Gasteiger partial charge in [-0.15, -0.1) is 0 Å². The summed E-state index contributed by atoms with van der Waals surface area (Å²) in [5.74, 6) is 0.752. The monoisotopic (exact) mass is 378 g/mol. The molecule has 27 heavy (non-hydrogen) atoms. The number of para-hydroxylation sites is 1. The average molecular weight is 379 g/mol. The number of halogens is 1. The molecule has 1 heterocycles. The second-order valence-electron chi connectivity index (χ2n) is 6.11.